The molecule has 0 aromatic carbocycles. The average Bonchev–Trinajstić information content (AvgIpc) is 2.11. The van der Waals surface area contributed by atoms with Crippen molar-refractivity contribution in [2.24, 2.45) is 16.8 Å². The molecule has 6 nitrogen and oxygen atoms in total. The Kier molecular flexibility index (Phi) is 6.46. The molecule has 0 rings (SSSR count). The third kappa shape index (κ3) is 7.29. The highest BCUT2D eigenvalue weighted by atomic mass is 32.2. The van der Waals surface area contributed by atoms with Crippen molar-refractivity contribution in [3.8, 4) is 0 Å². The molecule has 1 unspecified atom stereocenters. The van der Waals surface area contributed by atoms with Gasteiger partial charge in [0.25, 0.3) is 0 Å². The third-order valence-electron chi connectivity index (χ3n) is 1.98. The summed E-state index contributed by atoms with van der Waals surface area (Å²) in [5.41, 5.74) is 5.41. The van der Waals surface area contributed by atoms with Crippen molar-refractivity contribution in [2.75, 3.05) is 18.8 Å². The first-order valence-corrected chi connectivity index (χ1v) is 6.60. The number of amides is 1. The van der Waals surface area contributed by atoms with Crippen molar-refractivity contribution in [3.63, 3.8) is 0 Å². The molecule has 90 valence electrons. The number of carbonyl (C=O) groups is 1. The predicted molar refractivity (Wildman–Crippen MR) is 58.4 cm³/mol. The summed E-state index contributed by atoms with van der Waals surface area (Å²) in [7, 11) is -3.51. The van der Waals surface area contributed by atoms with E-state index in [9.17, 15) is 13.2 Å². The summed E-state index contributed by atoms with van der Waals surface area (Å²) in [6, 6.07) is 0. The van der Waals surface area contributed by atoms with Crippen LogP contribution in [0.4, 0.5) is 0 Å². The summed E-state index contributed by atoms with van der Waals surface area (Å²) in [5, 5.41) is 7.28. The minimum Gasteiger partial charge on any atom is -0.355 e. The van der Waals surface area contributed by atoms with Crippen LogP contribution in [-0.2, 0) is 14.8 Å². The monoisotopic (exact) mass is 237 g/mol. The van der Waals surface area contributed by atoms with E-state index in [1.54, 1.807) is 0 Å². The fourth-order valence-corrected chi connectivity index (χ4v) is 1.55. The maximum absolute atomic E-state index is 11.4. The molecule has 0 aromatic rings. The summed E-state index contributed by atoms with van der Waals surface area (Å²) >= 11 is 0. The summed E-state index contributed by atoms with van der Waals surface area (Å²) in [4.78, 5) is 11.4. The Bertz CT molecular complexity index is 290. The first-order chi connectivity index (χ1) is 6.90. The molecule has 0 saturated carbocycles. The smallest absolute Gasteiger partial charge is 0.224 e. The standard InChI is InChI=1S/C8H19N3O3S/c1-2-3-7(6-9)8(12)11-4-5-15(10,13)14/h7H,2-6,9H2,1H3,(H,11,12)(H2,10,13,14). The molecule has 0 spiro atoms. The maximum Gasteiger partial charge on any atom is 0.224 e. The third-order valence-corrected chi connectivity index (χ3v) is 2.75. The Balaban J connectivity index is 3.91. The van der Waals surface area contributed by atoms with Crippen LogP contribution in [0.2, 0.25) is 0 Å². The number of hydrogen-bond acceptors (Lipinski definition) is 4. The molecular formula is C8H19N3O3S. The van der Waals surface area contributed by atoms with Gasteiger partial charge in [-0.1, -0.05) is 13.3 Å². The number of hydrogen-bond donors (Lipinski definition) is 3. The highest BCUT2D eigenvalue weighted by Crippen LogP contribution is 2.03. The van der Waals surface area contributed by atoms with Gasteiger partial charge < -0.3 is 11.1 Å². The van der Waals surface area contributed by atoms with E-state index in [-0.39, 0.29) is 30.7 Å². The predicted octanol–water partition coefficient (Wildman–Crippen LogP) is -1.23. The average molecular weight is 237 g/mol. The molecule has 0 saturated heterocycles. The minimum absolute atomic E-state index is 0.0396. The van der Waals surface area contributed by atoms with Crippen molar-refractivity contribution >= 4 is 15.9 Å². The van der Waals surface area contributed by atoms with E-state index in [1.165, 1.54) is 0 Å². The van der Waals surface area contributed by atoms with Crippen LogP contribution in [-0.4, -0.2) is 33.2 Å². The van der Waals surface area contributed by atoms with Gasteiger partial charge in [0.05, 0.1) is 11.7 Å². The molecule has 1 atom stereocenters. The van der Waals surface area contributed by atoms with Gasteiger partial charge in [0, 0.05) is 13.1 Å². The van der Waals surface area contributed by atoms with Crippen LogP contribution in [0.25, 0.3) is 0 Å². The van der Waals surface area contributed by atoms with Crippen molar-refractivity contribution in [2.45, 2.75) is 19.8 Å². The Morgan fingerprint density at radius 2 is 2.07 bits per heavy atom. The Morgan fingerprint density at radius 3 is 2.47 bits per heavy atom. The van der Waals surface area contributed by atoms with E-state index in [2.05, 4.69) is 5.32 Å². The number of sulfonamides is 1. The Morgan fingerprint density at radius 1 is 1.47 bits per heavy atom. The molecule has 0 radical (unpaired) electrons. The Labute approximate surface area is 90.4 Å². The summed E-state index contributed by atoms with van der Waals surface area (Å²) < 4.78 is 21.2. The van der Waals surface area contributed by atoms with Crippen LogP contribution in [0.3, 0.4) is 0 Å². The lowest BCUT2D eigenvalue weighted by molar-refractivity contribution is -0.124. The highest BCUT2D eigenvalue weighted by Gasteiger charge is 2.15. The molecule has 0 heterocycles. The molecule has 15 heavy (non-hydrogen) atoms. The first-order valence-electron chi connectivity index (χ1n) is 4.89. The zero-order valence-corrected chi connectivity index (χ0v) is 9.72. The van der Waals surface area contributed by atoms with Gasteiger partial charge in [0.15, 0.2) is 0 Å². The molecule has 0 aliphatic carbocycles. The lowest BCUT2D eigenvalue weighted by Gasteiger charge is -2.13. The molecule has 0 aliphatic rings. The lowest BCUT2D eigenvalue weighted by atomic mass is 10.0. The van der Waals surface area contributed by atoms with Crippen molar-refractivity contribution < 1.29 is 13.2 Å². The zero-order valence-electron chi connectivity index (χ0n) is 8.90. The van der Waals surface area contributed by atoms with Gasteiger partial charge >= 0.3 is 0 Å². The van der Waals surface area contributed by atoms with Crippen molar-refractivity contribution in [1.82, 2.24) is 5.32 Å². The van der Waals surface area contributed by atoms with E-state index in [0.29, 0.717) is 6.42 Å². The second kappa shape index (κ2) is 6.76. The molecular weight excluding hydrogens is 218 g/mol. The van der Waals surface area contributed by atoms with Gasteiger partial charge in [-0.3, -0.25) is 4.79 Å². The van der Waals surface area contributed by atoms with Crippen LogP contribution in [0.1, 0.15) is 19.8 Å². The number of primary sulfonamides is 1. The van der Waals surface area contributed by atoms with Gasteiger partial charge in [0.1, 0.15) is 0 Å². The minimum atomic E-state index is -3.51. The summed E-state index contributed by atoms with van der Waals surface area (Å²) in [5.74, 6) is -0.694. The number of nitrogens with one attached hydrogen (secondary N) is 1. The van der Waals surface area contributed by atoms with E-state index < -0.39 is 10.0 Å². The lowest BCUT2D eigenvalue weighted by Crippen LogP contribution is -2.38. The molecule has 0 fully saturated rings. The second-order valence-corrected chi connectivity index (χ2v) is 5.11. The largest absolute Gasteiger partial charge is 0.355 e. The summed E-state index contributed by atoms with van der Waals surface area (Å²) in [6.07, 6.45) is 1.57. The van der Waals surface area contributed by atoms with Crippen molar-refractivity contribution in [1.29, 1.82) is 0 Å². The van der Waals surface area contributed by atoms with Crippen LogP contribution in [0.15, 0.2) is 0 Å². The van der Waals surface area contributed by atoms with Crippen molar-refractivity contribution in [3.05, 3.63) is 0 Å². The maximum atomic E-state index is 11.4. The molecule has 0 aromatic heterocycles. The van der Waals surface area contributed by atoms with Gasteiger partial charge in [-0.2, -0.15) is 0 Å². The van der Waals surface area contributed by atoms with E-state index in [0.717, 1.165) is 6.42 Å². The topological polar surface area (TPSA) is 115 Å². The van der Waals surface area contributed by atoms with Crippen LogP contribution >= 0.6 is 0 Å². The van der Waals surface area contributed by atoms with Crippen LogP contribution in [0, 0.1) is 5.92 Å². The first kappa shape index (κ1) is 14.3. The van der Waals surface area contributed by atoms with Gasteiger partial charge in [-0.05, 0) is 6.42 Å². The summed E-state index contributed by atoms with van der Waals surface area (Å²) in [6.45, 7) is 2.27. The molecule has 5 N–H and O–H groups in total. The van der Waals surface area contributed by atoms with Gasteiger partial charge in [-0.15, -0.1) is 0 Å². The molecule has 1 amide bonds. The fraction of sp³-hybridized carbons (Fsp3) is 0.875. The SMILES string of the molecule is CCCC(CN)C(=O)NCCS(N)(=O)=O. The van der Waals surface area contributed by atoms with Crippen LogP contribution < -0.4 is 16.2 Å². The molecule has 0 bridgehead atoms. The number of rotatable bonds is 7. The Hall–Kier alpha value is -0.660. The van der Waals surface area contributed by atoms with Gasteiger partial charge in [0.2, 0.25) is 15.9 Å². The van der Waals surface area contributed by atoms with E-state index in [1.807, 2.05) is 6.92 Å². The van der Waals surface area contributed by atoms with Crippen LogP contribution in [0.5, 0.6) is 0 Å². The van der Waals surface area contributed by atoms with Gasteiger partial charge in [-0.25, -0.2) is 13.6 Å². The molecule has 7 heteroatoms. The number of nitrogens with two attached hydrogens (primary N) is 2. The zero-order chi connectivity index (χ0) is 11.9. The van der Waals surface area contributed by atoms with E-state index in [4.69, 9.17) is 10.9 Å². The number of carbonyl (C=O) groups excluding carboxylic acids is 1. The van der Waals surface area contributed by atoms with E-state index >= 15 is 0 Å². The quantitative estimate of drug-likeness (QED) is 0.514. The second-order valence-electron chi connectivity index (χ2n) is 3.38. The highest BCUT2D eigenvalue weighted by molar-refractivity contribution is 7.89. The fourth-order valence-electron chi connectivity index (χ4n) is 1.17. The normalized spacial score (nSPS) is 13.5. The molecule has 0 aliphatic heterocycles.